The summed E-state index contributed by atoms with van der Waals surface area (Å²) < 4.78 is 0. The quantitative estimate of drug-likeness (QED) is 0.671. The molecule has 2 fully saturated rings. The number of carbonyl (C=O) groups is 1. The number of amides is 1. The predicted molar refractivity (Wildman–Crippen MR) is 56.0 cm³/mol. The molecular weight excluding hydrogens is 176 g/mol. The Morgan fingerprint density at radius 2 is 2.14 bits per heavy atom. The van der Waals surface area contributed by atoms with Gasteiger partial charge in [0.2, 0.25) is 5.91 Å². The summed E-state index contributed by atoms with van der Waals surface area (Å²) >= 11 is 0. The van der Waals surface area contributed by atoms with Gasteiger partial charge in [0.15, 0.2) is 0 Å². The van der Waals surface area contributed by atoms with Crippen LogP contribution in [0.3, 0.4) is 0 Å². The van der Waals surface area contributed by atoms with Gasteiger partial charge in [-0.25, -0.2) is 0 Å². The average molecular weight is 196 g/mol. The van der Waals surface area contributed by atoms with Gasteiger partial charge in [-0.05, 0) is 39.3 Å². The minimum Gasteiger partial charge on any atom is -0.340 e. The first-order chi connectivity index (χ1) is 6.66. The molecule has 0 radical (unpaired) electrons. The Morgan fingerprint density at radius 3 is 2.57 bits per heavy atom. The molecule has 2 saturated heterocycles. The van der Waals surface area contributed by atoms with Gasteiger partial charge in [-0.3, -0.25) is 4.79 Å². The van der Waals surface area contributed by atoms with Crippen LogP contribution in [-0.2, 0) is 4.79 Å². The second kappa shape index (κ2) is 3.89. The second-order valence-corrected chi connectivity index (χ2v) is 4.86. The molecule has 0 spiro atoms. The Morgan fingerprint density at radius 1 is 1.43 bits per heavy atom. The molecule has 2 rings (SSSR count). The monoisotopic (exact) mass is 196 g/mol. The maximum atomic E-state index is 11.6. The van der Waals surface area contributed by atoms with Crippen LogP contribution in [0.2, 0.25) is 0 Å². The molecule has 1 atom stereocenters. The van der Waals surface area contributed by atoms with Gasteiger partial charge in [-0.15, -0.1) is 0 Å². The van der Waals surface area contributed by atoms with Crippen molar-refractivity contribution < 1.29 is 4.79 Å². The van der Waals surface area contributed by atoms with Crippen LogP contribution in [0.15, 0.2) is 0 Å². The highest BCUT2D eigenvalue weighted by Crippen LogP contribution is 2.22. The van der Waals surface area contributed by atoms with Crippen LogP contribution in [0.5, 0.6) is 0 Å². The number of nitrogens with zero attached hydrogens (tertiary/aromatic N) is 2. The fourth-order valence-electron chi connectivity index (χ4n) is 2.36. The summed E-state index contributed by atoms with van der Waals surface area (Å²) in [4.78, 5) is 16.1. The third-order valence-corrected chi connectivity index (χ3v) is 3.33. The Balaban J connectivity index is 1.82. The van der Waals surface area contributed by atoms with E-state index in [0.717, 1.165) is 19.5 Å². The van der Waals surface area contributed by atoms with Gasteiger partial charge in [0, 0.05) is 25.6 Å². The molecule has 2 heterocycles. The SMILES string of the molecule is CC(C)N1CC(CN2CCC2)CC1=O. The molecule has 2 aliphatic rings. The third-order valence-electron chi connectivity index (χ3n) is 3.33. The largest absolute Gasteiger partial charge is 0.340 e. The van der Waals surface area contributed by atoms with Crippen LogP contribution in [0.1, 0.15) is 26.7 Å². The number of hydrogen-bond donors (Lipinski definition) is 0. The van der Waals surface area contributed by atoms with Crippen molar-refractivity contribution in [2.45, 2.75) is 32.7 Å². The molecular formula is C11H20N2O. The highest BCUT2D eigenvalue weighted by atomic mass is 16.2. The maximum Gasteiger partial charge on any atom is 0.223 e. The van der Waals surface area contributed by atoms with Gasteiger partial charge in [-0.2, -0.15) is 0 Å². The summed E-state index contributed by atoms with van der Waals surface area (Å²) in [6.07, 6.45) is 2.11. The first-order valence-corrected chi connectivity index (χ1v) is 5.68. The molecule has 80 valence electrons. The maximum absolute atomic E-state index is 11.6. The van der Waals surface area contributed by atoms with Crippen LogP contribution < -0.4 is 0 Å². The average Bonchev–Trinajstić information content (AvgIpc) is 2.39. The van der Waals surface area contributed by atoms with Crippen LogP contribution >= 0.6 is 0 Å². The van der Waals surface area contributed by atoms with E-state index >= 15 is 0 Å². The summed E-state index contributed by atoms with van der Waals surface area (Å²) in [5.74, 6) is 0.940. The number of carbonyl (C=O) groups excluding carboxylic acids is 1. The van der Waals surface area contributed by atoms with E-state index in [4.69, 9.17) is 0 Å². The molecule has 0 aromatic heterocycles. The van der Waals surface area contributed by atoms with Crippen molar-refractivity contribution in [2.24, 2.45) is 5.92 Å². The highest BCUT2D eigenvalue weighted by molar-refractivity contribution is 5.78. The van der Waals surface area contributed by atoms with E-state index in [0.29, 0.717) is 17.9 Å². The Labute approximate surface area is 86.1 Å². The first kappa shape index (κ1) is 9.97. The molecule has 0 N–H and O–H groups in total. The summed E-state index contributed by atoms with van der Waals surface area (Å²) in [6, 6.07) is 0.379. The zero-order valence-corrected chi connectivity index (χ0v) is 9.20. The van der Waals surface area contributed by atoms with E-state index in [1.165, 1.54) is 19.5 Å². The molecule has 0 aromatic carbocycles. The van der Waals surface area contributed by atoms with Gasteiger partial charge >= 0.3 is 0 Å². The van der Waals surface area contributed by atoms with Gasteiger partial charge in [0.1, 0.15) is 0 Å². The van der Waals surface area contributed by atoms with Crippen LogP contribution in [0.25, 0.3) is 0 Å². The van der Waals surface area contributed by atoms with Gasteiger partial charge in [0.25, 0.3) is 0 Å². The van der Waals surface area contributed by atoms with Crippen molar-refractivity contribution in [1.29, 1.82) is 0 Å². The van der Waals surface area contributed by atoms with Crippen molar-refractivity contribution in [3.05, 3.63) is 0 Å². The van der Waals surface area contributed by atoms with Crippen LogP contribution in [0.4, 0.5) is 0 Å². The minimum atomic E-state index is 0.352. The Hall–Kier alpha value is -0.570. The second-order valence-electron chi connectivity index (χ2n) is 4.86. The summed E-state index contributed by atoms with van der Waals surface area (Å²) in [5.41, 5.74) is 0. The molecule has 0 bridgehead atoms. The number of likely N-dealkylation sites (tertiary alicyclic amines) is 2. The zero-order valence-electron chi connectivity index (χ0n) is 9.20. The Bertz CT molecular complexity index is 223. The lowest BCUT2D eigenvalue weighted by atomic mass is 10.1. The fourth-order valence-corrected chi connectivity index (χ4v) is 2.36. The fraction of sp³-hybridized carbons (Fsp3) is 0.909. The van der Waals surface area contributed by atoms with Crippen LogP contribution in [-0.4, -0.2) is 47.9 Å². The summed E-state index contributed by atoms with van der Waals surface area (Å²) in [6.45, 7) is 8.80. The van der Waals surface area contributed by atoms with E-state index < -0.39 is 0 Å². The van der Waals surface area contributed by atoms with E-state index in [-0.39, 0.29) is 0 Å². The number of hydrogen-bond acceptors (Lipinski definition) is 2. The lowest BCUT2D eigenvalue weighted by molar-refractivity contribution is -0.129. The van der Waals surface area contributed by atoms with Crippen molar-refractivity contribution in [3.63, 3.8) is 0 Å². The molecule has 3 nitrogen and oxygen atoms in total. The summed E-state index contributed by atoms with van der Waals surface area (Å²) in [5, 5.41) is 0. The topological polar surface area (TPSA) is 23.6 Å². The summed E-state index contributed by atoms with van der Waals surface area (Å²) in [7, 11) is 0. The van der Waals surface area contributed by atoms with E-state index in [1.807, 2.05) is 4.90 Å². The Kier molecular flexibility index (Phi) is 2.77. The van der Waals surface area contributed by atoms with Crippen molar-refractivity contribution >= 4 is 5.91 Å². The standard InChI is InChI=1S/C11H20N2O/c1-9(2)13-8-10(6-11(13)14)7-12-4-3-5-12/h9-10H,3-8H2,1-2H3. The van der Waals surface area contributed by atoms with E-state index in [9.17, 15) is 4.79 Å². The van der Waals surface area contributed by atoms with Gasteiger partial charge in [-0.1, -0.05) is 0 Å². The lowest BCUT2D eigenvalue weighted by Gasteiger charge is -2.33. The molecule has 3 heteroatoms. The zero-order chi connectivity index (χ0) is 10.1. The van der Waals surface area contributed by atoms with Crippen molar-refractivity contribution in [3.8, 4) is 0 Å². The normalized spacial score (nSPS) is 28.6. The lowest BCUT2D eigenvalue weighted by Crippen LogP contribution is -2.41. The predicted octanol–water partition coefficient (Wildman–Crippen LogP) is 0.949. The number of rotatable bonds is 3. The van der Waals surface area contributed by atoms with E-state index in [2.05, 4.69) is 18.7 Å². The highest BCUT2D eigenvalue weighted by Gasteiger charge is 2.32. The molecule has 1 amide bonds. The third kappa shape index (κ3) is 1.92. The molecule has 0 aromatic rings. The molecule has 14 heavy (non-hydrogen) atoms. The molecule has 0 aliphatic carbocycles. The molecule has 1 unspecified atom stereocenters. The molecule has 2 aliphatic heterocycles. The smallest absolute Gasteiger partial charge is 0.223 e. The van der Waals surface area contributed by atoms with Crippen LogP contribution in [0, 0.1) is 5.92 Å². The van der Waals surface area contributed by atoms with Crippen molar-refractivity contribution in [2.75, 3.05) is 26.2 Å². The minimum absolute atomic E-state index is 0.352. The van der Waals surface area contributed by atoms with Gasteiger partial charge < -0.3 is 9.80 Å². The first-order valence-electron chi connectivity index (χ1n) is 5.68. The van der Waals surface area contributed by atoms with E-state index in [1.54, 1.807) is 0 Å². The van der Waals surface area contributed by atoms with Crippen molar-refractivity contribution in [1.82, 2.24) is 9.80 Å². The van der Waals surface area contributed by atoms with Gasteiger partial charge in [0.05, 0.1) is 0 Å². The molecule has 0 saturated carbocycles.